The molecule has 1 aliphatic rings. The van der Waals surface area contributed by atoms with Crippen molar-refractivity contribution in [1.29, 1.82) is 0 Å². The topological polar surface area (TPSA) is 61.8 Å². The lowest BCUT2D eigenvalue weighted by molar-refractivity contribution is -0.397. The second-order valence-electron chi connectivity index (χ2n) is 5.43. The van der Waals surface area contributed by atoms with Gasteiger partial charge in [0.05, 0.1) is 5.56 Å². The third kappa shape index (κ3) is 3.47. The number of benzene rings is 1. The number of esters is 1. The molecule has 1 heterocycles. The van der Waals surface area contributed by atoms with Crippen LogP contribution < -0.4 is 0 Å². The van der Waals surface area contributed by atoms with Crippen molar-refractivity contribution in [3.8, 4) is 0 Å². The zero-order valence-corrected chi connectivity index (χ0v) is 13.1. The monoisotopic (exact) mass is 306 g/mol. The molecule has 0 fully saturated rings. The van der Waals surface area contributed by atoms with Crippen LogP contribution in [0.25, 0.3) is 0 Å². The number of unbranched alkanes of at least 4 members (excludes halogenated alkanes) is 2. The number of hydrogen-bond acceptors (Lipinski definition) is 5. The van der Waals surface area contributed by atoms with E-state index in [4.69, 9.17) is 14.5 Å². The summed E-state index contributed by atoms with van der Waals surface area (Å²) in [4.78, 5) is 34.0. The summed E-state index contributed by atoms with van der Waals surface area (Å²) < 4.78 is 5.44. The van der Waals surface area contributed by atoms with Crippen LogP contribution >= 0.6 is 0 Å². The van der Waals surface area contributed by atoms with Gasteiger partial charge < -0.3 is 4.74 Å². The van der Waals surface area contributed by atoms with E-state index in [-0.39, 0.29) is 6.42 Å². The van der Waals surface area contributed by atoms with Crippen LogP contribution in [0.15, 0.2) is 24.3 Å². The number of carbonyl (C=O) groups excluding carboxylic acids is 2. The smallest absolute Gasteiger partial charge is 0.342 e. The van der Waals surface area contributed by atoms with Crippen molar-refractivity contribution in [2.75, 3.05) is 0 Å². The first-order valence-corrected chi connectivity index (χ1v) is 7.84. The molecule has 1 unspecified atom stereocenters. The van der Waals surface area contributed by atoms with Crippen molar-refractivity contribution in [1.82, 2.24) is 0 Å². The van der Waals surface area contributed by atoms with Gasteiger partial charge in [-0.1, -0.05) is 44.9 Å². The normalized spacial score (nSPS) is 19.6. The van der Waals surface area contributed by atoms with Crippen LogP contribution in [0.1, 0.15) is 68.3 Å². The molecule has 1 aromatic carbocycles. The summed E-state index contributed by atoms with van der Waals surface area (Å²) in [5, 5.41) is 0. The summed E-state index contributed by atoms with van der Waals surface area (Å²) in [5.74, 6) is -2.21. The Balaban J connectivity index is 2.16. The molecule has 120 valence electrons. The Morgan fingerprint density at radius 3 is 2.64 bits per heavy atom. The highest BCUT2D eigenvalue weighted by molar-refractivity contribution is 5.94. The van der Waals surface area contributed by atoms with Gasteiger partial charge in [0.25, 0.3) is 5.79 Å². The molecular formula is C17H22O5. The minimum absolute atomic E-state index is 0.288. The quantitative estimate of drug-likeness (QED) is 0.414. The molecular weight excluding hydrogens is 284 g/mol. The van der Waals surface area contributed by atoms with E-state index in [1.165, 1.54) is 0 Å². The van der Waals surface area contributed by atoms with Crippen LogP contribution in [-0.4, -0.2) is 11.9 Å². The van der Waals surface area contributed by atoms with Gasteiger partial charge in [0.1, 0.15) is 0 Å². The predicted octanol–water partition coefficient (Wildman–Crippen LogP) is 3.87. The van der Waals surface area contributed by atoms with E-state index < -0.39 is 17.7 Å². The van der Waals surface area contributed by atoms with Gasteiger partial charge in [0, 0.05) is 18.4 Å². The van der Waals surface area contributed by atoms with E-state index >= 15 is 0 Å². The van der Waals surface area contributed by atoms with E-state index in [9.17, 15) is 9.59 Å². The number of rotatable bonds is 8. The Hall–Kier alpha value is -1.88. The zero-order chi connectivity index (χ0) is 16.0. The van der Waals surface area contributed by atoms with Gasteiger partial charge in [0.15, 0.2) is 0 Å². The molecule has 0 saturated carbocycles. The van der Waals surface area contributed by atoms with Gasteiger partial charge in [-0.25, -0.2) is 9.59 Å². The lowest BCUT2D eigenvalue weighted by Crippen LogP contribution is -2.31. The maximum atomic E-state index is 12.0. The second kappa shape index (κ2) is 7.40. The molecule has 1 aromatic rings. The first-order chi connectivity index (χ1) is 10.6. The highest BCUT2D eigenvalue weighted by atomic mass is 17.2. The van der Waals surface area contributed by atoms with E-state index in [1.54, 1.807) is 18.2 Å². The maximum Gasteiger partial charge on any atom is 0.342 e. The van der Waals surface area contributed by atoms with Crippen molar-refractivity contribution in [2.45, 2.75) is 58.2 Å². The summed E-state index contributed by atoms with van der Waals surface area (Å²) >= 11 is 0. The van der Waals surface area contributed by atoms with Crippen molar-refractivity contribution in [2.24, 2.45) is 0 Å². The van der Waals surface area contributed by atoms with Gasteiger partial charge in [0.2, 0.25) is 0 Å². The van der Waals surface area contributed by atoms with Crippen LogP contribution in [0.4, 0.5) is 0 Å². The highest BCUT2D eigenvalue weighted by Crippen LogP contribution is 2.41. The number of carbonyl (C=O) groups is 2. The summed E-state index contributed by atoms with van der Waals surface area (Å²) in [7, 11) is 0. The van der Waals surface area contributed by atoms with Crippen molar-refractivity contribution >= 4 is 11.9 Å². The molecule has 0 aliphatic carbocycles. The average Bonchev–Trinajstić information content (AvgIpc) is 2.82. The fourth-order valence-corrected chi connectivity index (χ4v) is 2.43. The number of fused-ring (bicyclic) bond motifs is 1. The minimum Gasteiger partial charge on any atom is -0.421 e. The molecule has 0 saturated heterocycles. The molecule has 0 N–H and O–H groups in total. The molecule has 2 rings (SSSR count). The molecule has 0 amide bonds. The van der Waals surface area contributed by atoms with E-state index in [0.29, 0.717) is 17.5 Å². The van der Waals surface area contributed by atoms with Gasteiger partial charge in [-0.3, -0.25) is 4.89 Å². The lowest BCUT2D eigenvalue weighted by atomic mass is 9.98. The standard InChI is InChI=1S/C17H22O5/c1-3-5-11-15(18)21-22-17(12-6-4-2)14-10-8-7-9-13(14)16(19)20-17/h7-10H,3-6,11-12H2,1-2H3. The number of cyclic esters (lactones) is 1. The number of hydrogen-bond donors (Lipinski definition) is 0. The predicted molar refractivity (Wildman–Crippen MR) is 79.8 cm³/mol. The van der Waals surface area contributed by atoms with Crippen LogP contribution in [0.3, 0.4) is 0 Å². The summed E-state index contributed by atoms with van der Waals surface area (Å²) in [6.45, 7) is 4.02. The van der Waals surface area contributed by atoms with Gasteiger partial charge in [-0.15, -0.1) is 4.89 Å². The first-order valence-electron chi connectivity index (χ1n) is 7.84. The Morgan fingerprint density at radius 1 is 1.18 bits per heavy atom. The third-order valence-corrected chi connectivity index (χ3v) is 3.68. The van der Waals surface area contributed by atoms with E-state index in [1.807, 2.05) is 19.9 Å². The van der Waals surface area contributed by atoms with Crippen LogP contribution in [-0.2, 0) is 25.1 Å². The minimum atomic E-state index is -1.31. The molecule has 1 atom stereocenters. The van der Waals surface area contributed by atoms with Gasteiger partial charge >= 0.3 is 11.9 Å². The molecule has 5 nitrogen and oxygen atoms in total. The van der Waals surface area contributed by atoms with Gasteiger partial charge in [-0.2, -0.15) is 0 Å². The Morgan fingerprint density at radius 2 is 1.91 bits per heavy atom. The summed E-state index contributed by atoms with van der Waals surface area (Å²) in [5.41, 5.74) is 1.08. The summed E-state index contributed by atoms with van der Waals surface area (Å²) in [6.07, 6.45) is 4.07. The molecule has 22 heavy (non-hydrogen) atoms. The lowest BCUT2D eigenvalue weighted by Gasteiger charge is -2.26. The molecule has 1 aliphatic heterocycles. The fraction of sp³-hybridized carbons (Fsp3) is 0.529. The molecule has 0 bridgehead atoms. The van der Waals surface area contributed by atoms with E-state index in [2.05, 4.69) is 0 Å². The SMILES string of the molecule is CCCCC(=O)OOC1(CCCC)OC(=O)c2ccccc21. The molecule has 5 heteroatoms. The second-order valence-corrected chi connectivity index (χ2v) is 5.43. The molecule has 0 radical (unpaired) electrons. The largest absolute Gasteiger partial charge is 0.421 e. The Bertz CT molecular complexity index is 540. The zero-order valence-electron chi connectivity index (χ0n) is 13.1. The van der Waals surface area contributed by atoms with Crippen molar-refractivity contribution in [3.05, 3.63) is 35.4 Å². The maximum absolute atomic E-state index is 12.0. The third-order valence-electron chi connectivity index (χ3n) is 3.68. The van der Waals surface area contributed by atoms with Crippen LogP contribution in [0, 0.1) is 0 Å². The van der Waals surface area contributed by atoms with E-state index in [0.717, 1.165) is 25.7 Å². The van der Waals surface area contributed by atoms with Crippen molar-refractivity contribution < 1.29 is 24.1 Å². The Labute approximate surface area is 130 Å². The molecule has 0 spiro atoms. The Kier molecular flexibility index (Phi) is 5.55. The van der Waals surface area contributed by atoms with Gasteiger partial charge in [-0.05, 0) is 18.9 Å². The van der Waals surface area contributed by atoms with Crippen molar-refractivity contribution in [3.63, 3.8) is 0 Å². The highest BCUT2D eigenvalue weighted by Gasteiger charge is 2.48. The first kappa shape index (κ1) is 16.5. The summed E-state index contributed by atoms with van der Waals surface area (Å²) in [6, 6.07) is 7.04. The average molecular weight is 306 g/mol. The fourth-order valence-electron chi connectivity index (χ4n) is 2.43. The molecule has 0 aromatic heterocycles. The van der Waals surface area contributed by atoms with Crippen LogP contribution in [0.5, 0.6) is 0 Å². The van der Waals surface area contributed by atoms with Crippen LogP contribution in [0.2, 0.25) is 0 Å². The number of ether oxygens (including phenoxy) is 1.